The van der Waals surface area contributed by atoms with Crippen LogP contribution in [0, 0.1) is 5.82 Å². The van der Waals surface area contributed by atoms with Gasteiger partial charge in [0.25, 0.3) is 0 Å². The molecule has 0 spiro atoms. The van der Waals surface area contributed by atoms with Crippen molar-refractivity contribution in [2.75, 3.05) is 13.1 Å². The molecular formula is C18H21FN2. The number of rotatable bonds is 3. The molecule has 0 aliphatic carbocycles. The minimum atomic E-state index is -0.112. The fourth-order valence-corrected chi connectivity index (χ4v) is 2.90. The molecule has 0 radical (unpaired) electrons. The van der Waals surface area contributed by atoms with Gasteiger partial charge < -0.3 is 5.32 Å². The maximum absolute atomic E-state index is 13.8. The van der Waals surface area contributed by atoms with E-state index in [1.54, 1.807) is 6.07 Å². The van der Waals surface area contributed by atoms with Gasteiger partial charge in [0.05, 0.1) is 0 Å². The van der Waals surface area contributed by atoms with E-state index in [1.807, 2.05) is 18.2 Å². The molecule has 2 aromatic carbocycles. The number of benzene rings is 2. The Kier molecular flexibility index (Phi) is 4.32. The molecular weight excluding hydrogens is 263 g/mol. The van der Waals surface area contributed by atoms with Gasteiger partial charge in [-0.15, -0.1) is 0 Å². The molecule has 0 saturated carbocycles. The van der Waals surface area contributed by atoms with Crippen LogP contribution in [0.1, 0.15) is 24.1 Å². The molecule has 3 rings (SSSR count). The molecule has 0 amide bonds. The van der Waals surface area contributed by atoms with E-state index >= 15 is 0 Å². The SMILES string of the molecule is CC1CNC(c2ccccc2)CN1Cc1ccccc1F. The zero-order valence-electron chi connectivity index (χ0n) is 12.3. The molecule has 1 fully saturated rings. The number of hydrogen-bond acceptors (Lipinski definition) is 2. The van der Waals surface area contributed by atoms with Crippen molar-refractivity contribution in [1.29, 1.82) is 0 Å². The van der Waals surface area contributed by atoms with Crippen molar-refractivity contribution in [1.82, 2.24) is 10.2 Å². The molecule has 2 nitrogen and oxygen atoms in total. The standard InChI is InChI=1S/C18H21FN2/c1-14-11-20-18(15-7-3-2-4-8-15)13-21(14)12-16-9-5-6-10-17(16)19/h2-10,14,18,20H,11-13H2,1H3. The van der Waals surface area contributed by atoms with Gasteiger partial charge in [-0.2, -0.15) is 0 Å². The fourth-order valence-electron chi connectivity index (χ4n) is 2.90. The number of halogens is 1. The van der Waals surface area contributed by atoms with Crippen molar-refractivity contribution < 1.29 is 4.39 Å². The second-order valence-corrected chi connectivity index (χ2v) is 5.74. The third-order valence-corrected chi connectivity index (χ3v) is 4.23. The highest BCUT2D eigenvalue weighted by molar-refractivity contribution is 5.21. The second kappa shape index (κ2) is 6.37. The van der Waals surface area contributed by atoms with Crippen molar-refractivity contribution in [3.8, 4) is 0 Å². The maximum Gasteiger partial charge on any atom is 0.127 e. The molecule has 21 heavy (non-hydrogen) atoms. The molecule has 2 unspecified atom stereocenters. The topological polar surface area (TPSA) is 15.3 Å². The van der Waals surface area contributed by atoms with Crippen LogP contribution in [0.4, 0.5) is 4.39 Å². The summed E-state index contributed by atoms with van der Waals surface area (Å²) in [5.41, 5.74) is 2.07. The smallest absolute Gasteiger partial charge is 0.127 e. The second-order valence-electron chi connectivity index (χ2n) is 5.74. The lowest BCUT2D eigenvalue weighted by Crippen LogP contribution is -2.50. The summed E-state index contributed by atoms with van der Waals surface area (Å²) >= 11 is 0. The highest BCUT2D eigenvalue weighted by Gasteiger charge is 2.26. The molecule has 3 heteroatoms. The summed E-state index contributed by atoms with van der Waals surface area (Å²) in [6.07, 6.45) is 0. The number of hydrogen-bond donors (Lipinski definition) is 1. The lowest BCUT2D eigenvalue weighted by Gasteiger charge is -2.39. The Balaban J connectivity index is 1.74. The Hall–Kier alpha value is -1.71. The summed E-state index contributed by atoms with van der Waals surface area (Å²) < 4.78 is 13.8. The molecule has 1 heterocycles. The van der Waals surface area contributed by atoms with Crippen molar-refractivity contribution in [2.24, 2.45) is 0 Å². The first-order valence-corrected chi connectivity index (χ1v) is 7.50. The number of nitrogens with one attached hydrogen (secondary N) is 1. The van der Waals surface area contributed by atoms with Crippen LogP contribution in [-0.4, -0.2) is 24.0 Å². The first-order chi connectivity index (χ1) is 10.2. The van der Waals surface area contributed by atoms with Gasteiger partial charge in [0.15, 0.2) is 0 Å². The Bertz CT molecular complexity index is 585. The zero-order chi connectivity index (χ0) is 14.7. The van der Waals surface area contributed by atoms with Crippen LogP contribution in [0.3, 0.4) is 0 Å². The Morgan fingerprint density at radius 3 is 2.57 bits per heavy atom. The molecule has 110 valence electrons. The summed E-state index contributed by atoms with van der Waals surface area (Å²) in [6, 6.07) is 18.2. The average molecular weight is 284 g/mol. The lowest BCUT2D eigenvalue weighted by atomic mass is 10.0. The van der Waals surface area contributed by atoms with E-state index in [0.29, 0.717) is 18.6 Å². The van der Waals surface area contributed by atoms with Crippen LogP contribution >= 0.6 is 0 Å². The summed E-state index contributed by atoms with van der Waals surface area (Å²) in [5.74, 6) is -0.112. The fraction of sp³-hybridized carbons (Fsp3) is 0.333. The normalized spacial score (nSPS) is 23.1. The first kappa shape index (κ1) is 14.2. The maximum atomic E-state index is 13.8. The van der Waals surface area contributed by atoms with E-state index in [-0.39, 0.29) is 5.82 Å². The third-order valence-electron chi connectivity index (χ3n) is 4.23. The van der Waals surface area contributed by atoms with Crippen molar-refractivity contribution in [3.05, 3.63) is 71.5 Å². The summed E-state index contributed by atoms with van der Waals surface area (Å²) in [7, 11) is 0. The molecule has 1 N–H and O–H groups in total. The third kappa shape index (κ3) is 3.31. The average Bonchev–Trinajstić information content (AvgIpc) is 2.52. The minimum Gasteiger partial charge on any atom is -0.307 e. The summed E-state index contributed by atoms with van der Waals surface area (Å²) in [5, 5.41) is 3.58. The summed E-state index contributed by atoms with van der Waals surface area (Å²) in [4.78, 5) is 2.35. The van der Waals surface area contributed by atoms with E-state index in [9.17, 15) is 4.39 Å². The number of nitrogens with zero attached hydrogens (tertiary/aromatic N) is 1. The Morgan fingerprint density at radius 2 is 1.81 bits per heavy atom. The van der Waals surface area contributed by atoms with Crippen LogP contribution in [0.2, 0.25) is 0 Å². The molecule has 2 aromatic rings. The minimum absolute atomic E-state index is 0.112. The molecule has 0 aromatic heterocycles. The molecule has 1 saturated heterocycles. The van der Waals surface area contributed by atoms with Gasteiger partial charge in [-0.05, 0) is 18.6 Å². The highest BCUT2D eigenvalue weighted by Crippen LogP contribution is 2.22. The Labute approximate surface area is 125 Å². The van der Waals surface area contributed by atoms with E-state index in [4.69, 9.17) is 0 Å². The highest BCUT2D eigenvalue weighted by atomic mass is 19.1. The molecule has 1 aliphatic rings. The van der Waals surface area contributed by atoms with Gasteiger partial charge in [0, 0.05) is 37.3 Å². The molecule has 2 atom stereocenters. The van der Waals surface area contributed by atoms with E-state index in [1.165, 1.54) is 11.6 Å². The van der Waals surface area contributed by atoms with Gasteiger partial charge in [-0.1, -0.05) is 48.5 Å². The van der Waals surface area contributed by atoms with Crippen molar-refractivity contribution >= 4 is 0 Å². The molecule has 0 bridgehead atoms. The lowest BCUT2D eigenvalue weighted by molar-refractivity contribution is 0.132. The molecule has 1 aliphatic heterocycles. The largest absolute Gasteiger partial charge is 0.307 e. The van der Waals surface area contributed by atoms with Gasteiger partial charge in [0.2, 0.25) is 0 Å². The van der Waals surface area contributed by atoms with Crippen LogP contribution in [0.15, 0.2) is 54.6 Å². The van der Waals surface area contributed by atoms with Gasteiger partial charge in [-0.25, -0.2) is 4.39 Å². The van der Waals surface area contributed by atoms with Gasteiger partial charge in [0.1, 0.15) is 5.82 Å². The number of piperazine rings is 1. The van der Waals surface area contributed by atoms with E-state index < -0.39 is 0 Å². The summed E-state index contributed by atoms with van der Waals surface area (Å²) in [6.45, 7) is 4.68. The predicted molar refractivity (Wildman–Crippen MR) is 83.5 cm³/mol. The predicted octanol–water partition coefficient (Wildman–Crippen LogP) is 3.36. The van der Waals surface area contributed by atoms with Crippen LogP contribution < -0.4 is 5.32 Å². The Morgan fingerprint density at radius 1 is 1.10 bits per heavy atom. The van der Waals surface area contributed by atoms with E-state index in [0.717, 1.165) is 18.7 Å². The van der Waals surface area contributed by atoms with Gasteiger partial charge >= 0.3 is 0 Å². The van der Waals surface area contributed by atoms with Gasteiger partial charge in [-0.3, -0.25) is 4.90 Å². The van der Waals surface area contributed by atoms with E-state index in [2.05, 4.69) is 41.4 Å². The quantitative estimate of drug-likeness (QED) is 0.929. The van der Waals surface area contributed by atoms with Crippen LogP contribution in [-0.2, 0) is 6.54 Å². The first-order valence-electron chi connectivity index (χ1n) is 7.50. The zero-order valence-corrected chi connectivity index (χ0v) is 12.3. The van der Waals surface area contributed by atoms with Crippen LogP contribution in [0.5, 0.6) is 0 Å². The van der Waals surface area contributed by atoms with Crippen molar-refractivity contribution in [3.63, 3.8) is 0 Å². The van der Waals surface area contributed by atoms with Crippen LogP contribution in [0.25, 0.3) is 0 Å². The monoisotopic (exact) mass is 284 g/mol. The van der Waals surface area contributed by atoms with Crippen molar-refractivity contribution in [2.45, 2.75) is 25.6 Å².